The summed E-state index contributed by atoms with van der Waals surface area (Å²) in [6.45, 7) is 35.5. The van der Waals surface area contributed by atoms with E-state index in [4.69, 9.17) is 0 Å². The van der Waals surface area contributed by atoms with Gasteiger partial charge in [-0.1, -0.05) is 137 Å². The normalized spacial score (nSPS) is 26.1. The Morgan fingerprint density at radius 2 is 0.700 bits per heavy atom. The average molecular weight is 453 g/mol. The Morgan fingerprint density at radius 3 is 0.867 bits per heavy atom. The van der Waals surface area contributed by atoms with Crippen LogP contribution in [0.1, 0.15) is 123 Å². The van der Waals surface area contributed by atoms with Gasteiger partial charge in [-0.2, -0.15) is 0 Å². The summed E-state index contributed by atoms with van der Waals surface area (Å²) >= 11 is 0. The summed E-state index contributed by atoms with van der Waals surface area (Å²) in [5, 5.41) is 1.73. The molecule has 0 aromatic heterocycles. The van der Waals surface area contributed by atoms with Crippen LogP contribution in [0.3, 0.4) is 0 Å². The molecular formula is C28H54P2. The van der Waals surface area contributed by atoms with Gasteiger partial charge in [-0.05, 0) is 46.3 Å². The highest BCUT2D eigenvalue weighted by Gasteiger charge is 2.62. The first-order valence-corrected chi connectivity index (χ1v) is 15.1. The van der Waals surface area contributed by atoms with Gasteiger partial charge < -0.3 is 0 Å². The standard InChI is InChI=1S/C28H54P2/c1-15-23(5,6)29(24(7,8)16-2)27(13)21-19-20-22-28(27,14)30(25(9,10)17-3)26(11,12)18-4/h19-22H,15-18H2,1-14H3. The SMILES string of the molecule is CCC(C)(C)P(C(C)(C)CC)C1(C)C=CC=CC1(C)P(C(C)(C)CC)C(C)(C)CC. The zero-order chi connectivity index (χ0) is 23.8. The third-order valence-corrected chi connectivity index (χ3v) is 18.2. The van der Waals surface area contributed by atoms with E-state index in [0.717, 1.165) is 0 Å². The van der Waals surface area contributed by atoms with Crippen LogP contribution in [0.5, 0.6) is 0 Å². The topological polar surface area (TPSA) is 0 Å². The summed E-state index contributed by atoms with van der Waals surface area (Å²) < 4.78 is 0. The van der Waals surface area contributed by atoms with Gasteiger partial charge in [-0.3, -0.25) is 0 Å². The number of hydrogen-bond donors (Lipinski definition) is 0. The summed E-state index contributed by atoms with van der Waals surface area (Å²) in [6.07, 6.45) is 15.0. The Bertz CT molecular complexity index is 549. The van der Waals surface area contributed by atoms with E-state index in [1.54, 1.807) is 0 Å². The Balaban J connectivity index is 3.97. The fraction of sp³-hybridized carbons (Fsp3) is 0.857. The predicted molar refractivity (Wildman–Crippen MR) is 146 cm³/mol. The lowest BCUT2D eigenvalue weighted by molar-refractivity contribution is 0.509. The van der Waals surface area contributed by atoms with Gasteiger partial charge in [0.15, 0.2) is 0 Å². The molecule has 176 valence electrons. The van der Waals surface area contributed by atoms with Gasteiger partial charge in [0, 0.05) is 10.3 Å². The zero-order valence-electron chi connectivity index (χ0n) is 23.0. The van der Waals surface area contributed by atoms with Crippen LogP contribution in [0.15, 0.2) is 24.3 Å². The number of allylic oxidation sites excluding steroid dienone is 4. The van der Waals surface area contributed by atoms with Crippen molar-refractivity contribution in [1.29, 1.82) is 0 Å². The van der Waals surface area contributed by atoms with Crippen LogP contribution in [0.2, 0.25) is 0 Å². The first kappa shape index (κ1) is 28.4. The fourth-order valence-electron chi connectivity index (χ4n) is 6.21. The molecule has 2 heteroatoms. The van der Waals surface area contributed by atoms with Gasteiger partial charge in [0.1, 0.15) is 0 Å². The molecule has 2 unspecified atom stereocenters. The van der Waals surface area contributed by atoms with Crippen molar-refractivity contribution in [2.45, 2.75) is 154 Å². The molecule has 0 spiro atoms. The molecule has 1 aliphatic carbocycles. The summed E-state index contributed by atoms with van der Waals surface area (Å²) in [5.74, 6) is 0. The van der Waals surface area contributed by atoms with E-state index in [-0.39, 0.29) is 26.2 Å². The van der Waals surface area contributed by atoms with Crippen molar-refractivity contribution >= 4 is 15.8 Å². The van der Waals surface area contributed by atoms with E-state index >= 15 is 0 Å². The van der Waals surface area contributed by atoms with Crippen molar-refractivity contribution in [2.24, 2.45) is 0 Å². The first-order chi connectivity index (χ1) is 13.4. The molecule has 0 saturated heterocycles. The minimum atomic E-state index is -0.294. The van der Waals surface area contributed by atoms with Crippen molar-refractivity contribution in [3.8, 4) is 0 Å². The van der Waals surface area contributed by atoms with Gasteiger partial charge in [-0.25, -0.2) is 0 Å². The van der Waals surface area contributed by atoms with Crippen LogP contribution >= 0.6 is 15.8 Å². The van der Waals surface area contributed by atoms with E-state index < -0.39 is 0 Å². The molecule has 0 aliphatic heterocycles. The predicted octanol–water partition coefficient (Wildman–Crippen LogP) is 10.3. The molecule has 0 radical (unpaired) electrons. The molecule has 0 aromatic rings. The minimum absolute atomic E-state index is 0.181. The maximum Gasteiger partial charge on any atom is 0.0196 e. The van der Waals surface area contributed by atoms with E-state index in [9.17, 15) is 0 Å². The van der Waals surface area contributed by atoms with Crippen LogP contribution in [0, 0.1) is 0 Å². The molecule has 30 heavy (non-hydrogen) atoms. The lowest BCUT2D eigenvalue weighted by Gasteiger charge is -2.66. The second kappa shape index (κ2) is 9.30. The van der Waals surface area contributed by atoms with Gasteiger partial charge in [0.05, 0.1) is 0 Å². The minimum Gasteiger partial charge on any atom is -0.0838 e. The first-order valence-electron chi connectivity index (χ1n) is 12.4. The van der Waals surface area contributed by atoms with Gasteiger partial charge in [-0.15, -0.1) is 0 Å². The van der Waals surface area contributed by atoms with Crippen LogP contribution in [-0.4, -0.2) is 30.9 Å². The summed E-state index contributed by atoms with van der Waals surface area (Å²) in [4.78, 5) is 0. The van der Waals surface area contributed by atoms with Gasteiger partial charge in [0.25, 0.3) is 0 Å². The van der Waals surface area contributed by atoms with Crippen molar-refractivity contribution in [3.63, 3.8) is 0 Å². The number of hydrogen-bond acceptors (Lipinski definition) is 0. The molecule has 1 rings (SSSR count). The molecule has 0 heterocycles. The average Bonchev–Trinajstić information content (AvgIpc) is 2.63. The van der Waals surface area contributed by atoms with Crippen molar-refractivity contribution in [3.05, 3.63) is 24.3 Å². The van der Waals surface area contributed by atoms with E-state index in [2.05, 4.69) is 121 Å². The molecule has 0 saturated carbocycles. The molecule has 1 aliphatic rings. The second-order valence-electron chi connectivity index (χ2n) is 12.3. The highest BCUT2D eigenvalue weighted by molar-refractivity contribution is 7.67. The Hall–Kier alpha value is 0.340. The van der Waals surface area contributed by atoms with E-state index in [1.807, 2.05) is 0 Å². The third-order valence-electron chi connectivity index (χ3n) is 8.79. The van der Waals surface area contributed by atoms with Crippen molar-refractivity contribution in [2.75, 3.05) is 0 Å². The zero-order valence-corrected chi connectivity index (χ0v) is 24.8. The molecule has 0 nitrogen and oxygen atoms in total. The van der Waals surface area contributed by atoms with Crippen molar-refractivity contribution < 1.29 is 0 Å². The summed E-state index contributed by atoms with van der Waals surface area (Å²) in [5.41, 5.74) is 0. The van der Waals surface area contributed by atoms with Crippen LogP contribution in [0.25, 0.3) is 0 Å². The van der Waals surface area contributed by atoms with Crippen LogP contribution < -0.4 is 0 Å². The largest absolute Gasteiger partial charge is 0.0838 e. The maximum absolute atomic E-state index is 2.65. The molecule has 0 aromatic carbocycles. The van der Waals surface area contributed by atoms with Gasteiger partial charge in [0.2, 0.25) is 0 Å². The van der Waals surface area contributed by atoms with E-state index in [1.165, 1.54) is 25.7 Å². The summed E-state index contributed by atoms with van der Waals surface area (Å²) in [7, 11) is -0.588. The van der Waals surface area contributed by atoms with Crippen molar-refractivity contribution in [1.82, 2.24) is 0 Å². The number of rotatable bonds is 10. The van der Waals surface area contributed by atoms with Crippen LogP contribution in [-0.2, 0) is 0 Å². The third kappa shape index (κ3) is 4.81. The Kier molecular flexibility index (Phi) is 8.79. The molecule has 2 atom stereocenters. The fourth-order valence-corrected chi connectivity index (χ4v) is 17.9. The van der Waals surface area contributed by atoms with E-state index in [0.29, 0.717) is 20.6 Å². The summed E-state index contributed by atoms with van der Waals surface area (Å²) in [6, 6.07) is 0. The monoisotopic (exact) mass is 452 g/mol. The molecule has 0 amide bonds. The Labute approximate surface area is 193 Å². The lowest BCUT2D eigenvalue weighted by atomic mass is 9.89. The second-order valence-corrected chi connectivity index (χ2v) is 20.4. The highest BCUT2D eigenvalue weighted by Crippen LogP contribution is 2.81. The maximum atomic E-state index is 2.65. The Morgan fingerprint density at radius 1 is 0.500 bits per heavy atom. The highest BCUT2D eigenvalue weighted by atomic mass is 31.1. The smallest absolute Gasteiger partial charge is 0.0196 e. The molecule has 0 N–H and O–H groups in total. The molecule has 0 fully saturated rings. The quantitative estimate of drug-likeness (QED) is 0.289. The van der Waals surface area contributed by atoms with Crippen LogP contribution in [0.4, 0.5) is 0 Å². The lowest BCUT2D eigenvalue weighted by Crippen LogP contribution is -2.56. The molecular weight excluding hydrogens is 398 g/mol. The molecule has 0 bridgehead atoms. The van der Waals surface area contributed by atoms with Gasteiger partial charge >= 0.3 is 0 Å².